The van der Waals surface area contributed by atoms with Crippen molar-refractivity contribution in [1.29, 1.82) is 0 Å². The van der Waals surface area contributed by atoms with Crippen molar-refractivity contribution in [2.75, 3.05) is 26.4 Å². The Bertz CT molecular complexity index is 438. The summed E-state index contributed by atoms with van der Waals surface area (Å²) in [6.45, 7) is 8.99. The fourth-order valence-corrected chi connectivity index (χ4v) is 1.78. The molecule has 6 N–H and O–H groups in total. The van der Waals surface area contributed by atoms with Crippen LogP contribution >= 0.6 is 12.4 Å². The second-order valence-electron chi connectivity index (χ2n) is 7.81. The molecule has 0 unspecified atom stereocenters. The maximum atomic E-state index is 11.3. The van der Waals surface area contributed by atoms with Gasteiger partial charge in [-0.15, -0.1) is 12.4 Å². The topological polar surface area (TPSA) is 154 Å². The van der Waals surface area contributed by atoms with Gasteiger partial charge in [0.25, 0.3) is 0 Å². The fraction of sp³-hybridized carbons (Fsp3) is 0.889. The van der Waals surface area contributed by atoms with E-state index in [1.54, 1.807) is 13.8 Å². The van der Waals surface area contributed by atoms with Crippen LogP contribution in [0.1, 0.15) is 53.4 Å². The lowest BCUT2D eigenvalue weighted by Gasteiger charge is -2.25. The molecule has 0 atom stereocenters. The molecule has 168 valence electrons. The van der Waals surface area contributed by atoms with Gasteiger partial charge in [-0.1, -0.05) is 0 Å². The van der Waals surface area contributed by atoms with E-state index in [2.05, 4.69) is 0 Å². The Labute approximate surface area is 173 Å². The van der Waals surface area contributed by atoms with E-state index >= 15 is 0 Å². The zero-order chi connectivity index (χ0) is 21.1. The van der Waals surface area contributed by atoms with Gasteiger partial charge in [0.05, 0.1) is 19.3 Å². The van der Waals surface area contributed by atoms with Gasteiger partial charge < -0.3 is 35.9 Å². The molecule has 28 heavy (non-hydrogen) atoms. The number of carbonyl (C=O) groups excluding carboxylic acids is 1. The van der Waals surface area contributed by atoms with Gasteiger partial charge in [0.2, 0.25) is 0 Å². The van der Waals surface area contributed by atoms with Crippen LogP contribution in [0, 0.1) is 0 Å². The van der Waals surface area contributed by atoms with E-state index in [0.717, 1.165) is 38.9 Å². The molecule has 2 heterocycles. The average molecular weight is 429 g/mol. The molecule has 0 saturated carbocycles. The number of aliphatic hydroxyl groups excluding tert-OH is 1. The quantitative estimate of drug-likeness (QED) is 0.478. The molecule has 0 amide bonds. The molecule has 2 rings (SSSR count). The summed E-state index contributed by atoms with van der Waals surface area (Å²) in [5.74, 6) is -1.31. The highest BCUT2D eigenvalue weighted by molar-refractivity contribution is 5.85. The predicted molar refractivity (Wildman–Crippen MR) is 107 cm³/mol. The molecule has 0 aromatic carbocycles. The van der Waals surface area contributed by atoms with E-state index in [-0.39, 0.29) is 30.6 Å². The summed E-state index contributed by atoms with van der Waals surface area (Å²) in [6, 6.07) is 0. The number of aliphatic carboxylic acids is 1. The first-order valence-corrected chi connectivity index (χ1v) is 9.19. The van der Waals surface area contributed by atoms with Crippen molar-refractivity contribution in [2.45, 2.75) is 76.7 Å². The van der Waals surface area contributed by atoms with Gasteiger partial charge >= 0.3 is 11.9 Å². The summed E-state index contributed by atoms with van der Waals surface area (Å²) in [5, 5.41) is 17.0. The summed E-state index contributed by atoms with van der Waals surface area (Å²) in [5.41, 5.74) is 8.70. The number of nitrogens with two attached hydrogens (primary N) is 2. The maximum Gasteiger partial charge on any atom is 0.325 e. The molecule has 2 aliphatic heterocycles. The molecule has 0 spiro atoms. The highest BCUT2D eigenvalue weighted by Gasteiger charge is 2.27. The molecule has 10 heteroatoms. The first-order chi connectivity index (χ1) is 12.3. The van der Waals surface area contributed by atoms with Crippen LogP contribution in [0.4, 0.5) is 0 Å². The molecule has 2 fully saturated rings. The number of carboxylic acids is 1. The first kappa shape index (κ1) is 29.2. The first-order valence-electron chi connectivity index (χ1n) is 9.19. The van der Waals surface area contributed by atoms with Crippen LogP contribution in [-0.2, 0) is 23.8 Å². The van der Waals surface area contributed by atoms with Crippen molar-refractivity contribution < 1.29 is 34.0 Å². The van der Waals surface area contributed by atoms with Crippen LogP contribution in [-0.4, -0.2) is 71.9 Å². The van der Waals surface area contributed by atoms with Gasteiger partial charge in [-0.3, -0.25) is 9.59 Å². The van der Waals surface area contributed by atoms with Gasteiger partial charge in [0, 0.05) is 26.1 Å². The van der Waals surface area contributed by atoms with E-state index in [1.165, 1.54) is 13.8 Å². The van der Waals surface area contributed by atoms with Gasteiger partial charge in [-0.05, 0) is 40.5 Å². The smallest absolute Gasteiger partial charge is 0.325 e. The van der Waals surface area contributed by atoms with Gasteiger partial charge in [0.1, 0.15) is 17.2 Å². The monoisotopic (exact) mass is 428 g/mol. The number of rotatable bonds is 3. The van der Waals surface area contributed by atoms with E-state index in [4.69, 9.17) is 35.9 Å². The minimum absolute atomic E-state index is 0. The van der Waals surface area contributed by atoms with Gasteiger partial charge in [0.15, 0.2) is 0 Å². The van der Waals surface area contributed by atoms with Crippen LogP contribution in [0.5, 0.6) is 0 Å². The minimum Gasteiger partial charge on any atom is -0.480 e. The molecular formula is C18H37ClN2O7. The van der Waals surface area contributed by atoms with E-state index in [9.17, 15) is 9.59 Å². The number of esters is 1. The molecule has 0 bridgehead atoms. The number of carbonyl (C=O) groups is 2. The second-order valence-corrected chi connectivity index (χ2v) is 7.81. The largest absolute Gasteiger partial charge is 0.480 e. The lowest BCUT2D eigenvalue weighted by atomic mass is 10.1. The zero-order valence-corrected chi connectivity index (χ0v) is 18.1. The average Bonchev–Trinajstić information content (AvgIpc) is 2.56. The number of ether oxygens (including phenoxy) is 3. The molecule has 0 aromatic heterocycles. The van der Waals surface area contributed by atoms with Crippen molar-refractivity contribution in [3.05, 3.63) is 0 Å². The number of hydrogen-bond donors (Lipinski definition) is 4. The third-order valence-electron chi connectivity index (χ3n) is 3.71. The van der Waals surface area contributed by atoms with Crippen LogP contribution in [0.25, 0.3) is 0 Å². The van der Waals surface area contributed by atoms with Crippen LogP contribution in [0.15, 0.2) is 0 Å². The lowest BCUT2D eigenvalue weighted by Crippen LogP contribution is -2.45. The summed E-state index contributed by atoms with van der Waals surface area (Å²) < 4.78 is 15.3. The molecule has 2 saturated heterocycles. The zero-order valence-electron chi connectivity index (χ0n) is 17.3. The summed E-state index contributed by atoms with van der Waals surface area (Å²) >= 11 is 0. The normalized spacial score (nSPS) is 18.4. The third kappa shape index (κ3) is 15.0. The number of hydrogen-bond acceptors (Lipinski definition) is 8. The van der Waals surface area contributed by atoms with E-state index in [0.29, 0.717) is 13.2 Å². The lowest BCUT2D eigenvalue weighted by molar-refractivity contribution is -0.158. The van der Waals surface area contributed by atoms with Crippen molar-refractivity contribution in [1.82, 2.24) is 0 Å². The fourth-order valence-electron chi connectivity index (χ4n) is 1.78. The summed E-state index contributed by atoms with van der Waals surface area (Å²) in [4.78, 5) is 21.2. The van der Waals surface area contributed by atoms with Crippen molar-refractivity contribution in [2.24, 2.45) is 11.5 Å². The van der Waals surface area contributed by atoms with Crippen LogP contribution in [0.2, 0.25) is 0 Å². The molecule has 2 aliphatic rings. The van der Waals surface area contributed by atoms with Crippen molar-refractivity contribution >= 4 is 24.3 Å². The van der Waals surface area contributed by atoms with E-state index < -0.39 is 17.0 Å². The number of aliphatic hydroxyl groups is 1. The maximum absolute atomic E-state index is 11.3. The Morgan fingerprint density at radius 3 is 1.50 bits per heavy atom. The number of halogens is 1. The number of carboxylic acid groups (broad SMARTS) is 1. The molecule has 0 aliphatic carbocycles. The van der Waals surface area contributed by atoms with Crippen LogP contribution < -0.4 is 11.5 Å². The highest BCUT2D eigenvalue weighted by Crippen LogP contribution is 2.13. The Kier molecular flexibility index (Phi) is 14.7. The third-order valence-corrected chi connectivity index (χ3v) is 3.71. The standard InChI is InChI=1S/C9H17NO3.C5H10O2.C4H9NO2.ClH/c1-9(2,10)8(11)13-7-3-5-12-6-4-7;6-5-1-3-7-4-2-5;1-4(2,5)3(6)7;/h7H,3-6,10H2,1-2H3;5-6H,1-4H2;5H2,1-2H3,(H,6,7);1H. The molecule has 9 nitrogen and oxygen atoms in total. The summed E-state index contributed by atoms with van der Waals surface area (Å²) in [6.07, 6.45) is 3.10. The Balaban J connectivity index is 0. The Morgan fingerprint density at radius 1 is 0.893 bits per heavy atom. The Morgan fingerprint density at radius 2 is 1.25 bits per heavy atom. The van der Waals surface area contributed by atoms with E-state index in [1.807, 2.05) is 0 Å². The van der Waals surface area contributed by atoms with Crippen molar-refractivity contribution in [3.8, 4) is 0 Å². The molecule has 0 radical (unpaired) electrons. The van der Waals surface area contributed by atoms with Gasteiger partial charge in [-0.2, -0.15) is 0 Å². The van der Waals surface area contributed by atoms with Crippen molar-refractivity contribution in [3.63, 3.8) is 0 Å². The van der Waals surface area contributed by atoms with Gasteiger partial charge in [-0.25, -0.2) is 0 Å². The summed E-state index contributed by atoms with van der Waals surface area (Å²) in [7, 11) is 0. The Hall–Kier alpha value is -0.970. The molecular weight excluding hydrogens is 392 g/mol. The molecule has 0 aromatic rings. The second kappa shape index (κ2) is 14.1. The SMILES string of the molecule is CC(C)(N)C(=O)O.CC(C)(N)C(=O)OC1CCOCC1.Cl.OC1CCOCC1. The highest BCUT2D eigenvalue weighted by atomic mass is 35.5. The predicted octanol–water partition coefficient (Wildman–Crippen LogP) is 0.834. The minimum atomic E-state index is -1.08. The van der Waals surface area contributed by atoms with Crippen LogP contribution in [0.3, 0.4) is 0 Å².